The van der Waals surface area contributed by atoms with Gasteiger partial charge in [0.25, 0.3) is 5.91 Å². The molecular formula is C23H28N4O2. The number of carbonyl (C=O) groups excluding carboxylic acids is 2. The summed E-state index contributed by atoms with van der Waals surface area (Å²) in [6.45, 7) is 3.27. The van der Waals surface area contributed by atoms with Gasteiger partial charge in [-0.25, -0.2) is 4.79 Å². The maximum atomic E-state index is 12.6. The molecule has 0 aromatic heterocycles. The Labute approximate surface area is 171 Å². The Bertz CT molecular complexity index is 876. The lowest BCUT2D eigenvalue weighted by Gasteiger charge is -2.32. The highest BCUT2D eigenvalue weighted by Crippen LogP contribution is 2.32. The molecule has 4 rings (SSSR count). The van der Waals surface area contributed by atoms with Gasteiger partial charge in [0.05, 0.1) is 6.04 Å². The Kier molecular flexibility index (Phi) is 5.81. The Morgan fingerprint density at radius 1 is 1.00 bits per heavy atom. The summed E-state index contributed by atoms with van der Waals surface area (Å²) >= 11 is 0. The fourth-order valence-corrected chi connectivity index (χ4v) is 4.07. The number of amides is 3. The van der Waals surface area contributed by atoms with Crippen LogP contribution in [0.25, 0.3) is 0 Å². The van der Waals surface area contributed by atoms with Crippen LogP contribution in [0.1, 0.15) is 40.4 Å². The average molecular weight is 393 g/mol. The van der Waals surface area contributed by atoms with E-state index < -0.39 is 0 Å². The summed E-state index contributed by atoms with van der Waals surface area (Å²) in [5.74, 6) is -0.0599. The number of nitrogens with one attached hydrogen (secondary N) is 2. The Balaban J connectivity index is 1.46. The van der Waals surface area contributed by atoms with Gasteiger partial charge in [-0.1, -0.05) is 24.3 Å². The molecule has 1 heterocycles. The van der Waals surface area contributed by atoms with Crippen molar-refractivity contribution in [1.82, 2.24) is 15.1 Å². The second kappa shape index (κ2) is 8.66. The number of anilines is 1. The van der Waals surface area contributed by atoms with Gasteiger partial charge in [0, 0.05) is 37.4 Å². The molecule has 152 valence electrons. The molecule has 1 saturated heterocycles. The zero-order valence-electron chi connectivity index (χ0n) is 16.9. The molecule has 0 saturated carbocycles. The van der Waals surface area contributed by atoms with Crippen molar-refractivity contribution >= 4 is 17.6 Å². The van der Waals surface area contributed by atoms with Crippen LogP contribution >= 0.6 is 0 Å². The van der Waals surface area contributed by atoms with Crippen molar-refractivity contribution in [3.05, 3.63) is 65.2 Å². The molecule has 2 aromatic rings. The van der Waals surface area contributed by atoms with E-state index in [2.05, 4.69) is 28.6 Å². The van der Waals surface area contributed by atoms with E-state index in [1.54, 1.807) is 0 Å². The minimum absolute atomic E-state index is 0.0352. The van der Waals surface area contributed by atoms with Gasteiger partial charge in [-0.05, 0) is 61.7 Å². The second-order valence-electron chi connectivity index (χ2n) is 7.92. The summed E-state index contributed by atoms with van der Waals surface area (Å²) in [6.07, 6.45) is 2.95. The van der Waals surface area contributed by atoms with Gasteiger partial charge in [-0.2, -0.15) is 0 Å². The van der Waals surface area contributed by atoms with E-state index in [9.17, 15) is 9.59 Å². The van der Waals surface area contributed by atoms with Crippen molar-refractivity contribution in [3.8, 4) is 0 Å². The van der Waals surface area contributed by atoms with Crippen LogP contribution in [0.3, 0.4) is 0 Å². The third kappa shape index (κ3) is 4.59. The van der Waals surface area contributed by atoms with Gasteiger partial charge in [-0.15, -0.1) is 0 Å². The number of hydrogen-bond acceptors (Lipinski definition) is 3. The SMILES string of the molecule is CN1CCN(C(=O)Nc2ccc3c(c2)C(NC(=O)c2ccccc2)CCC3)CC1. The zero-order valence-corrected chi connectivity index (χ0v) is 16.9. The topological polar surface area (TPSA) is 64.7 Å². The number of aryl methyl sites for hydroxylation is 1. The van der Waals surface area contributed by atoms with Crippen molar-refractivity contribution in [1.29, 1.82) is 0 Å². The van der Waals surface area contributed by atoms with E-state index in [0.717, 1.165) is 56.7 Å². The van der Waals surface area contributed by atoms with E-state index in [4.69, 9.17) is 0 Å². The standard InChI is InChI=1S/C23H28N4O2/c1-26-12-14-27(15-13-26)23(29)24-19-11-10-17-8-5-9-21(20(17)16-19)25-22(28)18-6-3-2-4-7-18/h2-4,6-7,10-11,16,21H,5,8-9,12-15H2,1H3,(H,24,29)(H,25,28). The fraction of sp³-hybridized carbons (Fsp3) is 0.391. The number of likely N-dealkylation sites (N-methyl/N-ethyl adjacent to an activating group) is 1. The molecule has 2 aliphatic rings. The van der Waals surface area contributed by atoms with E-state index in [1.165, 1.54) is 5.56 Å². The molecule has 0 bridgehead atoms. The first-order valence-electron chi connectivity index (χ1n) is 10.3. The van der Waals surface area contributed by atoms with Crippen LogP contribution < -0.4 is 10.6 Å². The van der Waals surface area contributed by atoms with Gasteiger partial charge in [0.1, 0.15) is 0 Å². The number of rotatable bonds is 3. The molecule has 1 atom stereocenters. The molecule has 0 spiro atoms. The highest BCUT2D eigenvalue weighted by atomic mass is 16.2. The van der Waals surface area contributed by atoms with Crippen LogP contribution in [-0.4, -0.2) is 55.0 Å². The minimum Gasteiger partial charge on any atom is -0.345 e. The summed E-state index contributed by atoms with van der Waals surface area (Å²) < 4.78 is 0. The van der Waals surface area contributed by atoms with Crippen LogP contribution in [0.5, 0.6) is 0 Å². The van der Waals surface area contributed by atoms with Crippen LogP contribution in [0, 0.1) is 0 Å². The highest BCUT2D eigenvalue weighted by molar-refractivity contribution is 5.94. The largest absolute Gasteiger partial charge is 0.345 e. The van der Waals surface area contributed by atoms with Crippen molar-refractivity contribution in [2.75, 3.05) is 38.5 Å². The van der Waals surface area contributed by atoms with Crippen LogP contribution in [0.15, 0.2) is 48.5 Å². The van der Waals surface area contributed by atoms with Crippen LogP contribution in [0.2, 0.25) is 0 Å². The molecule has 6 heteroatoms. The Hall–Kier alpha value is -2.86. The minimum atomic E-state index is -0.0599. The Morgan fingerprint density at radius 2 is 1.76 bits per heavy atom. The second-order valence-corrected chi connectivity index (χ2v) is 7.92. The maximum Gasteiger partial charge on any atom is 0.321 e. The van der Waals surface area contributed by atoms with Crippen molar-refractivity contribution in [3.63, 3.8) is 0 Å². The highest BCUT2D eigenvalue weighted by Gasteiger charge is 2.24. The molecule has 1 unspecified atom stereocenters. The summed E-state index contributed by atoms with van der Waals surface area (Å²) in [5.41, 5.74) is 3.80. The molecule has 0 radical (unpaired) electrons. The normalized spacial score (nSPS) is 19.3. The quantitative estimate of drug-likeness (QED) is 0.843. The fourth-order valence-electron chi connectivity index (χ4n) is 4.07. The van der Waals surface area contributed by atoms with Gasteiger partial charge >= 0.3 is 6.03 Å². The zero-order chi connectivity index (χ0) is 20.2. The summed E-state index contributed by atoms with van der Waals surface area (Å²) in [5, 5.41) is 6.21. The first-order chi connectivity index (χ1) is 14.1. The van der Waals surface area contributed by atoms with Crippen LogP contribution in [0.4, 0.5) is 10.5 Å². The molecular weight excluding hydrogens is 364 g/mol. The van der Waals surface area contributed by atoms with E-state index in [-0.39, 0.29) is 18.0 Å². The Morgan fingerprint density at radius 3 is 2.52 bits per heavy atom. The third-order valence-corrected chi connectivity index (χ3v) is 5.84. The average Bonchev–Trinajstić information content (AvgIpc) is 2.75. The summed E-state index contributed by atoms with van der Waals surface area (Å²) in [6, 6.07) is 15.3. The predicted octanol–water partition coefficient (Wildman–Crippen LogP) is 3.27. The van der Waals surface area contributed by atoms with Crippen molar-refractivity contribution in [2.24, 2.45) is 0 Å². The monoisotopic (exact) mass is 392 g/mol. The number of fused-ring (bicyclic) bond motifs is 1. The van der Waals surface area contributed by atoms with E-state index >= 15 is 0 Å². The van der Waals surface area contributed by atoms with Crippen molar-refractivity contribution in [2.45, 2.75) is 25.3 Å². The molecule has 2 N–H and O–H groups in total. The predicted molar refractivity (Wildman–Crippen MR) is 114 cm³/mol. The van der Waals surface area contributed by atoms with E-state index in [0.29, 0.717) is 5.56 Å². The van der Waals surface area contributed by atoms with E-state index in [1.807, 2.05) is 47.4 Å². The molecule has 6 nitrogen and oxygen atoms in total. The van der Waals surface area contributed by atoms with Gasteiger partial charge in [-0.3, -0.25) is 4.79 Å². The lowest BCUT2D eigenvalue weighted by atomic mass is 9.87. The molecule has 2 aromatic carbocycles. The number of nitrogens with zero attached hydrogens (tertiary/aromatic N) is 2. The first-order valence-corrected chi connectivity index (χ1v) is 10.3. The van der Waals surface area contributed by atoms with Crippen LogP contribution in [-0.2, 0) is 6.42 Å². The number of hydrogen-bond donors (Lipinski definition) is 2. The number of benzene rings is 2. The number of carbonyl (C=O) groups is 2. The third-order valence-electron chi connectivity index (χ3n) is 5.84. The first kappa shape index (κ1) is 19.5. The summed E-state index contributed by atoms with van der Waals surface area (Å²) in [4.78, 5) is 29.3. The number of urea groups is 1. The van der Waals surface area contributed by atoms with Gasteiger partial charge < -0.3 is 20.4 Å². The number of piperazine rings is 1. The lowest BCUT2D eigenvalue weighted by molar-refractivity contribution is 0.0932. The van der Waals surface area contributed by atoms with Gasteiger partial charge in [0.15, 0.2) is 0 Å². The molecule has 1 aliphatic heterocycles. The lowest BCUT2D eigenvalue weighted by Crippen LogP contribution is -2.48. The molecule has 3 amide bonds. The van der Waals surface area contributed by atoms with Gasteiger partial charge in [0.2, 0.25) is 0 Å². The molecule has 29 heavy (non-hydrogen) atoms. The summed E-state index contributed by atoms with van der Waals surface area (Å²) in [7, 11) is 2.07. The maximum absolute atomic E-state index is 12.6. The molecule has 1 aliphatic carbocycles. The van der Waals surface area contributed by atoms with Crippen molar-refractivity contribution < 1.29 is 9.59 Å². The molecule has 1 fully saturated rings. The smallest absolute Gasteiger partial charge is 0.321 e.